The van der Waals surface area contributed by atoms with Crippen molar-refractivity contribution in [1.29, 1.82) is 0 Å². The van der Waals surface area contributed by atoms with Gasteiger partial charge in [0.25, 0.3) is 10.1 Å². The zero-order valence-electron chi connectivity index (χ0n) is 5.78. The highest BCUT2D eigenvalue weighted by Crippen LogP contribution is 1.85. The number of rotatable bonds is 4. The van der Waals surface area contributed by atoms with Gasteiger partial charge in [0.2, 0.25) is 0 Å². The van der Waals surface area contributed by atoms with Crippen LogP contribution in [0, 0.1) is 0 Å². The van der Waals surface area contributed by atoms with Crippen LogP contribution in [-0.2, 0) is 10.1 Å². The van der Waals surface area contributed by atoms with Gasteiger partial charge < -0.3 is 11.1 Å². The fourth-order valence-electron chi connectivity index (χ4n) is 0.466. The lowest BCUT2D eigenvalue weighted by Gasteiger charge is -1.98. The van der Waals surface area contributed by atoms with Crippen molar-refractivity contribution < 1.29 is 17.8 Å². The number of primary amides is 1. The molecule has 6 nitrogen and oxygen atoms in total. The van der Waals surface area contributed by atoms with E-state index in [1.807, 2.05) is 0 Å². The first kappa shape index (κ1) is 10.2. The van der Waals surface area contributed by atoms with Gasteiger partial charge >= 0.3 is 6.03 Å². The maximum atomic E-state index is 10.1. The van der Waals surface area contributed by atoms with E-state index >= 15 is 0 Å². The van der Waals surface area contributed by atoms with Crippen LogP contribution >= 0.6 is 0 Å². The molecule has 0 aliphatic heterocycles. The lowest BCUT2D eigenvalue weighted by atomic mass is 10.5. The minimum atomic E-state index is -3.91. The van der Waals surface area contributed by atoms with Gasteiger partial charge in [0.15, 0.2) is 0 Å². The van der Waals surface area contributed by atoms with E-state index in [0.717, 1.165) is 0 Å². The van der Waals surface area contributed by atoms with Crippen LogP contribution < -0.4 is 11.1 Å². The minimum Gasteiger partial charge on any atom is -0.352 e. The van der Waals surface area contributed by atoms with E-state index < -0.39 is 16.1 Å². The normalized spacial score (nSPS) is 11.0. The van der Waals surface area contributed by atoms with E-state index in [1.165, 1.54) is 0 Å². The Morgan fingerprint density at radius 3 is 2.45 bits per heavy atom. The molecule has 0 saturated carbocycles. The fourth-order valence-corrected chi connectivity index (χ4v) is 0.975. The molecule has 0 aromatic carbocycles. The molecule has 0 rings (SSSR count). The summed E-state index contributed by atoms with van der Waals surface area (Å²) in [6.07, 6.45) is 0.155. The number of urea groups is 1. The van der Waals surface area contributed by atoms with Gasteiger partial charge in [-0.3, -0.25) is 4.55 Å². The zero-order valence-corrected chi connectivity index (χ0v) is 6.60. The summed E-state index contributed by atoms with van der Waals surface area (Å²) in [6.45, 7) is 0.148. The van der Waals surface area contributed by atoms with Crippen LogP contribution in [0.25, 0.3) is 0 Å². The Morgan fingerprint density at radius 2 is 2.09 bits per heavy atom. The quantitative estimate of drug-likeness (QED) is 0.380. The van der Waals surface area contributed by atoms with Crippen molar-refractivity contribution in [1.82, 2.24) is 5.32 Å². The fraction of sp³-hybridized carbons (Fsp3) is 0.750. The summed E-state index contributed by atoms with van der Waals surface area (Å²) in [5.74, 6) is -0.368. The molecular formula is C4H10N2O4S. The highest BCUT2D eigenvalue weighted by molar-refractivity contribution is 7.85. The molecule has 0 aliphatic rings. The second kappa shape index (κ2) is 4.14. The highest BCUT2D eigenvalue weighted by atomic mass is 32.2. The molecule has 0 unspecified atom stereocenters. The third kappa shape index (κ3) is 9.18. The van der Waals surface area contributed by atoms with Gasteiger partial charge in [0.1, 0.15) is 0 Å². The second-order valence-corrected chi connectivity index (χ2v) is 3.50. The predicted octanol–water partition coefficient (Wildman–Crippen LogP) is -1.07. The topological polar surface area (TPSA) is 109 Å². The third-order valence-corrected chi connectivity index (χ3v) is 1.68. The number of hydrogen-bond acceptors (Lipinski definition) is 3. The Morgan fingerprint density at radius 1 is 1.55 bits per heavy atom. The van der Waals surface area contributed by atoms with Gasteiger partial charge in [-0.25, -0.2) is 4.79 Å². The molecule has 4 N–H and O–H groups in total. The number of carbonyl (C=O) groups excluding carboxylic acids is 1. The van der Waals surface area contributed by atoms with Crippen molar-refractivity contribution in [2.75, 3.05) is 12.3 Å². The van der Waals surface area contributed by atoms with E-state index in [4.69, 9.17) is 4.55 Å². The molecule has 66 valence electrons. The lowest BCUT2D eigenvalue weighted by Crippen LogP contribution is -2.30. The lowest BCUT2D eigenvalue weighted by molar-refractivity contribution is 0.249. The largest absolute Gasteiger partial charge is 0.352 e. The summed E-state index contributed by atoms with van der Waals surface area (Å²) < 4.78 is 28.4. The molecular weight excluding hydrogens is 172 g/mol. The van der Waals surface area contributed by atoms with Crippen LogP contribution in [0.3, 0.4) is 0 Å². The van der Waals surface area contributed by atoms with Crippen LogP contribution in [-0.4, -0.2) is 31.3 Å². The van der Waals surface area contributed by atoms with Crippen LogP contribution in [0.4, 0.5) is 4.79 Å². The van der Waals surface area contributed by atoms with Gasteiger partial charge in [0.05, 0.1) is 5.75 Å². The standard InChI is InChI=1S/C4H10N2O4S/c5-4(7)6-2-1-3-11(8,9)10/h1-3H2,(H3,5,6,7)(H,8,9,10). The maximum Gasteiger partial charge on any atom is 0.312 e. The first-order valence-electron chi connectivity index (χ1n) is 2.90. The monoisotopic (exact) mass is 182 g/mol. The van der Waals surface area contributed by atoms with E-state index in [1.54, 1.807) is 0 Å². The molecule has 0 aliphatic carbocycles. The van der Waals surface area contributed by atoms with Gasteiger partial charge in [-0.05, 0) is 6.42 Å². The van der Waals surface area contributed by atoms with Crippen LogP contribution in [0.5, 0.6) is 0 Å². The summed E-state index contributed by atoms with van der Waals surface area (Å²) in [4.78, 5) is 10.0. The molecule has 7 heteroatoms. The third-order valence-electron chi connectivity index (χ3n) is 0.878. The number of nitrogens with two attached hydrogens (primary N) is 1. The molecule has 0 aromatic rings. The van der Waals surface area contributed by atoms with Crippen molar-refractivity contribution >= 4 is 16.1 Å². The minimum absolute atomic E-state index is 0.148. The molecule has 0 fully saturated rings. The Balaban J connectivity index is 3.37. The molecule has 0 heterocycles. The number of carbonyl (C=O) groups is 1. The first-order chi connectivity index (χ1) is 4.92. The molecule has 2 amide bonds. The predicted molar refractivity (Wildman–Crippen MR) is 38.6 cm³/mol. The second-order valence-electron chi connectivity index (χ2n) is 1.93. The number of amides is 2. The Labute approximate surface area is 64.5 Å². The average Bonchev–Trinajstić information content (AvgIpc) is 1.78. The van der Waals surface area contributed by atoms with Gasteiger partial charge in [-0.15, -0.1) is 0 Å². The molecule has 0 saturated heterocycles. The maximum absolute atomic E-state index is 10.1. The van der Waals surface area contributed by atoms with Gasteiger partial charge in [-0.2, -0.15) is 8.42 Å². The summed E-state index contributed by atoms with van der Waals surface area (Å²) in [6, 6.07) is -0.708. The smallest absolute Gasteiger partial charge is 0.312 e. The zero-order chi connectivity index (χ0) is 8.91. The SMILES string of the molecule is NC(=O)NCCCS(=O)(=O)O. The van der Waals surface area contributed by atoms with E-state index in [9.17, 15) is 13.2 Å². The van der Waals surface area contributed by atoms with Crippen molar-refractivity contribution in [3.05, 3.63) is 0 Å². The summed E-state index contributed by atoms with van der Waals surface area (Å²) in [5, 5.41) is 2.18. The van der Waals surface area contributed by atoms with Crippen LogP contribution in [0.1, 0.15) is 6.42 Å². The Kier molecular flexibility index (Phi) is 3.83. The van der Waals surface area contributed by atoms with Gasteiger partial charge in [0, 0.05) is 6.54 Å². The van der Waals surface area contributed by atoms with Crippen molar-refractivity contribution in [2.45, 2.75) is 6.42 Å². The Hall–Kier alpha value is -0.820. The summed E-state index contributed by atoms with van der Waals surface area (Å²) in [5.41, 5.74) is 4.68. The summed E-state index contributed by atoms with van der Waals surface area (Å²) >= 11 is 0. The van der Waals surface area contributed by atoms with E-state index in [-0.39, 0.29) is 18.7 Å². The highest BCUT2D eigenvalue weighted by Gasteiger charge is 2.02. The molecule has 0 atom stereocenters. The van der Waals surface area contributed by atoms with Crippen LogP contribution in [0.2, 0.25) is 0 Å². The van der Waals surface area contributed by atoms with E-state index in [0.29, 0.717) is 0 Å². The molecule has 11 heavy (non-hydrogen) atoms. The van der Waals surface area contributed by atoms with Crippen molar-refractivity contribution in [3.8, 4) is 0 Å². The van der Waals surface area contributed by atoms with Gasteiger partial charge in [-0.1, -0.05) is 0 Å². The van der Waals surface area contributed by atoms with Crippen molar-refractivity contribution in [2.24, 2.45) is 5.73 Å². The molecule has 0 bridgehead atoms. The van der Waals surface area contributed by atoms with Crippen molar-refractivity contribution in [3.63, 3.8) is 0 Å². The number of hydrogen-bond donors (Lipinski definition) is 3. The molecule has 0 aromatic heterocycles. The average molecular weight is 182 g/mol. The van der Waals surface area contributed by atoms with E-state index in [2.05, 4.69) is 11.1 Å². The first-order valence-corrected chi connectivity index (χ1v) is 4.51. The molecule has 0 spiro atoms. The molecule has 0 radical (unpaired) electrons. The number of nitrogens with one attached hydrogen (secondary N) is 1. The summed E-state index contributed by atoms with van der Waals surface area (Å²) in [7, 11) is -3.91. The Bertz CT molecular complexity index is 222. The van der Waals surface area contributed by atoms with Crippen LogP contribution in [0.15, 0.2) is 0 Å².